The van der Waals surface area contributed by atoms with E-state index < -0.39 is 6.10 Å². The van der Waals surface area contributed by atoms with E-state index in [2.05, 4.69) is 13.8 Å². The fraction of sp³-hybridized carbons (Fsp3) is 0.571. The maximum atomic E-state index is 9.94. The molecule has 96 valence electrons. The van der Waals surface area contributed by atoms with Crippen LogP contribution in [-0.2, 0) is 0 Å². The van der Waals surface area contributed by atoms with E-state index in [0.717, 1.165) is 12.8 Å². The first-order chi connectivity index (χ1) is 7.99. The summed E-state index contributed by atoms with van der Waals surface area (Å²) in [5.74, 6) is 1.30. The molecule has 0 aliphatic rings. The van der Waals surface area contributed by atoms with Crippen LogP contribution in [0.25, 0.3) is 0 Å². The molecule has 0 aliphatic heterocycles. The number of ether oxygens (including phenoxy) is 1. The van der Waals surface area contributed by atoms with E-state index in [4.69, 9.17) is 16.3 Å². The van der Waals surface area contributed by atoms with Crippen LogP contribution in [0.15, 0.2) is 24.3 Å². The van der Waals surface area contributed by atoms with Gasteiger partial charge < -0.3 is 9.84 Å². The zero-order valence-corrected chi connectivity index (χ0v) is 11.4. The molecule has 0 amide bonds. The summed E-state index contributed by atoms with van der Waals surface area (Å²) < 4.78 is 5.65. The van der Waals surface area contributed by atoms with Gasteiger partial charge in [-0.05, 0) is 43.9 Å². The van der Waals surface area contributed by atoms with Gasteiger partial charge in [-0.1, -0.05) is 31.5 Å². The zero-order chi connectivity index (χ0) is 12.8. The minimum absolute atomic E-state index is 0.216. The van der Waals surface area contributed by atoms with Gasteiger partial charge in [0.2, 0.25) is 0 Å². The van der Waals surface area contributed by atoms with Crippen LogP contribution >= 0.6 is 11.6 Å². The van der Waals surface area contributed by atoms with Crippen molar-refractivity contribution in [2.45, 2.75) is 45.8 Å². The predicted molar refractivity (Wildman–Crippen MR) is 71.6 cm³/mol. The summed E-state index contributed by atoms with van der Waals surface area (Å²) in [7, 11) is 0. The molecule has 0 fully saturated rings. The molecule has 2 nitrogen and oxygen atoms in total. The lowest BCUT2D eigenvalue weighted by Gasteiger charge is -2.21. The van der Waals surface area contributed by atoms with Crippen LogP contribution in [0.1, 0.15) is 33.6 Å². The lowest BCUT2D eigenvalue weighted by molar-refractivity contribution is 0.0383. The number of hydrogen-bond donors (Lipinski definition) is 1. The number of benzene rings is 1. The van der Waals surface area contributed by atoms with Crippen molar-refractivity contribution in [3.63, 3.8) is 0 Å². The van der Waals surface area contributed by atoms with E-state index in [-0.39, 0.29) is 6.10 Å². The molecule has 0 radical (unpaired) electrons. The molecule has 1 aromatic carbocycles. The highest BCUT2D eigenvalue weighted by Crippen LogP contribution is 2.20. The number of rotatable bonds is 6. The van der Waals surface area contributed by atoms with Gasteiger partial charge in [0.05, 0.1) is 6.10 Å². The van der Waals surface area contributed by atoms with Crippen molar-refractivity contribution in [2.24, 2.45) is 5.92 Å². The molecule has 3 heteroatoms. The first kappa shape index (κ1) is 14.3. The van der Waals surface area contributed by atoms with Crippen LogP contribution in [0.2, 0.25) is 5.02 Å². The maximum Gasteiger partial charge on any atom is 0.122 e. The lowest BCUT2D eigenvalue weighted by Crippen LogP contribution is -2.28. The van der Waals surface area contributed by atoms with Gasteiger partial charge in [-0.25, -0.2) is 0 Å². The average Bonchev–Trinajstić information content (AvgIpc) is 2.25. The third kappa shape index (κ3) is 5.42. The molecular formula is C14H21ClO2. The molecule has 2 unspecified atom stereocenters. The van der Waals surface area contributed by atoms with Gasteiger partial charge in [0.25, 0.3) is 0 Å². The second kappa shape index (κ2) is 6.87. The fourth-order valence-electron chi connectivity index (χ4n) is 1.57. The molecule has 1 aromatic rings. The van der Waals surface area contributed by atoms with Crippen LogP contribution in [0.3, 0.4) is 0 Å². The van der Waals surface area contributed by atoms with Crippen LogP contribution in [0, 0.1) is 5.92 Å². The second-order valence-corrected chi connectivity index (χ2v) is 5.26. The summed E-state index contributed by atoms with van der Waals surface area (Å²) in [4.78, 5) is 0. The predicted octanol–water partition coefficient (Wildman–Crippen LogP) is 3.90. The largest absolute Gasteiger partial charge is 0.488 e. The Morgan fingerprint density at radius 3 is 2.53 bits per heavy atom. The molecule has 0 bridgehead atoms. The number of hydrogen-bond acceptors (Lipinski definition) is 2. The van der Waals surface area contributed by atoms with Crippen molar-refractivity contribution in [2.75, 3.05) is 0 Å². The number of halogens is 1. The summed E-state index contributed by atoms with van der Waals surface area (Å²) in [6.07, 6.45) is 1.12. The maximum absolute atomic E-state index is 9.94. The van der Waals surface area contributed by atoms with Crippen LogP contribution < -0.4 is 4.74 Å². The van der Waals surface area contributed by atoms with E-state index in [9.17, 15) is 5.11 Å². The molecule has 2 atom stereocenters. The summed E-state index contributed by atoms with van der Waals surface area (Å²) in [6, 6.07) is 7.24. The van der Waals surface area contributed by atoms with Crippen molar-refractivity contribution in [3.05, 3.63) is 29.3 Å². The van der Waals surface area contributed by atoms with Gasteiger partial charge in [0.15, 0.2) is 0 Å². The Bertz CT molecular complexity index is 339. The average molecular weight is 257 g/mol. The van der Waals surface area contributed by atoms with Crippen molar-refractivity contribution in [1.29, 1.82) is 0 Å². The molecule has 0 spiro atoms. The minimum Gasteiger partial charge on any atom is -0.488 e. The Kier molecular flexibility index (Phi) is 5.79. The van der Waals surface area contributed by atoms with Gasteiger partial charge in [-0.3, -0.25) is 0 Å². The van der Waals surface area contributed by atoms with E-state index >= 15 is 0 Å². The Hall–Kier alpha value is -0.730. The minimum atomic E-state index is -0.434. The smallest absolute Gasteiger partial charge is 0.122 e. The summed E-state index contributed by atoms with van der Waals surface area (Å²) in [5, 5.41) is 10.6. The van der Waals surface area contributed by atoms with Crippen molar-refractivity contribution in [3.8, 4) is 5.75 Å². The lowest BCUT2D eigenvalue weighted by atomic mass is 10.0. The highest BCUT2D eigenvalue weighted by atomic mass is 35.5. The molecular weight excluding hydrogens is 236 g/mol. The van der Waals surface area contributed by atoms with Crippen molar-refractivity contribution < 1.29 is 9.84 Å². The molecule has 1 rings (SSSR count). The van der Waals surface area contributed by atoms with Crippen LogP contribution in [0.4, 0.5) is 0 Å². The zero-order valence-electron chi connectivity index (χ0n) is 10.7. The highest BCUT2D eigenvalue weighted by molar-refractivity contribution is 6.30. The third-order valence-corrected chi connectivity index (χ3v) is 2.93. The van der Waals surface area contributed by atoms with E-state index in [0.29, 0.717) is 16.7 Å². The summed E-state index contributed by atoms with van der Waals surface area (Å²) >= 11 is 5.87. The SMILES string of the molecule is CC(C)CCC(O)C(C)Oc1cccc(Cl)c1. The Balaban J connectivity index is 2.45. The standard InChI is InChI=1S/C14H21ClO2/c1-10(2)7-8-14(16)11(3)17-13-6-4-5-12(15)9-13/h4-6,9-11,14,16H,7-8H2,1-3H3. The van der Waals surface area contributed by atoms with Gasteiger partial charge in [-0.2, -0.15) is 0 Å². The number of aliphatic hydroxyl groups is 1. The molecule has 0 heterocycles. The first-order valence-electron chi connectivity index (χ1n) is 6.09. The Morgan fingerprint density at radius 1 is 1.24 bits per heavy atom. The molecule has 0 aromatic heterocycles. The van der Waals surface area contributed by atoms with Gasteiger partial charge in [-0.15, -0.1) is 0 Å². The third-order valence-electron chi connectivity index (χ3n) is 2.70. The summed E-state index contributed by atoms with van der Waals surface area (Å²) in [5.41, 5.74) is 0. The summed E-state index contributed by atoms with van der Waals surface area (Å²) in [6.45, 7) is 6.18. The van der Waals surface area contributed by atoms with Gasteiger partial charge in [0, 0.05) is 5.02 Å². The molecule has 0 aliphatic carbocycles. The van der Waals surface area contributed by atoms with Crippen molar-refractivity contribution >= 4 is 11.6 Å². The highest BCUT2D eigenvalue weighted by Gasteiger charge is 2.16. The molecule has 0 saturated heterocycles. The Labute approximate surface area is 109 Å². The topological polar surface area (TPSA) is 29.5 Å². The van der Waals surface area contributed by atoms with Crippen LogP contribution in [0.5, 0.6) is 5.75 Å². The molecule has 1 N–H and O–H groups in total. The normalized spacial score (nSPS) is 14.7. The monoisotopic (exact) mass is 256 g/mol. The quantitative estimate of drug-likeness (QED) is 0.836. The van der Waals surface area contributed by atoms with E-state index in [1.807, 2.05) is 19.1 Å². The van der Waals surface area contributed by atoms with Crippen LogP contribution in [-0.4, -0.2) is 17.3 Å². The first-order valence-corrected chi connectivity index (χ1v) is 6.47. The van der Waals surface area contributed by atoms with Gasteiger partial charge >= 0.3 is 0 Å². The van der Waals surface area contributed by atoms with Crippen molar-refractivity contribution in [1.82, 2.24) is 0 Å². The van der Waals surface area contributed by atoms with E-state index in [1.165, 1.54) is 0 Å². The number of aliphatic hydroxyl groups excluding tert-OH is 1. The molecule has 0 saturated carbocycles. The molecule has 17 heavy (non-hydrogen) atoms. The van der Waals surface area contributed by atoms with Gasteiger partial charge in [0.1, 0.15) is 11.9 Å². The Morgan fingerprint density at radius 2 is 1.94 bits per heavy atom. The second-order valence-electron chi connectivity index (χ2n) is 4.82. The van der Waals surface area contributed by atoms with E-state index in [1.54, 1.807) is 12.1 Å². The fourth-order valence-corrected chi connectivity index (χ4v) is 1.75.